The molecule has 3 aromatic carbocycles. The second-order valence-electron chi connectivity index (χ2n) is 8.14. The van der Waals surface area contributed by atoms with Gasteiger partial charge in [-0.05, 0) is 54.1 Å². The van der Waals surface area contributed by atoms with Crippen molar-refractivity contribution >= 4 is 22.6 Å². The highest BCUT2D eigenvalue weighted by Gasteiger charge is 2.45. The standard InChI is InChI=1S/C27H23NO8/c1-32-16-10-8-15(9-11-16)28-26(30)25-21(14-12-19(33-2)23(29)20(13-14)34-3)22-24(36-25)17-6-4-5-7-18(17)35-27(22)31/h4-13,21,25,29H,1-3H3,(H,28,30)/t21-,25-/m1/s1. The summed E-state index contributed by atoms with van der Waals surface area (Å²) in [5, 5.41) is 13.8. The van der Waals surface area contributed by atoms with Crippen LogP contribution in [0.1, 0.15) is 17.0 Å². The zero-order chi connectivity index (χ0) is 25.4. The van der Waals surface area contributed by atoms with Gasteiger partial charge in [0, 0.05) is 5.69 Å². The highest BCUT2D eigenvalue weighted by atomic mass is 16.5. The number of amides is 1. The molecule has 1 aliphatic heterocycles. The fraction of sp³-hybridized carbons (Fsp3) is 0.185. The van der Waals surface area contributed by atoms with Gasteiger partial charge in [0.25, 0.3) is 5.91 Å². The van der Waals surface area contributed by atoms with Gasteiger partial charge in [-0.15, -0.1) is 0 Å². The van der Waals surface area contributed by atoms with Gasteiger partial charge in [0.1, 0.15) is 17.1 Å². The van der Waals surface area contributed by atoms with Gasteiger partial charge in [0.2, 0.25) is 5.75 Å². The summed E-state index contributed by atoms with van der Waals surface area (Å²) in [4.78, 5) is 26.7. The molecule has 0 radical (unpaired) electrons. The molecule has 0 aliphatic carbocycles. The Morgan fingerprint density at radius 2 is 1.61 bits per heavy atom. The van der Waals surface area contributed by atoms with Gasteiger partial charge in [0.15, 0.2) is 17.6 Å². The molecule has 5 rings (SSSR count). The zero-order valence-electron chi connectivity index (χ0n) is 19.7. The van der Waals surface area contributed by atoms with Crippen LogP contribution >= 0.6 is 0 Å². The summed E-state index contributed by atoms with van der Waals surface area (Å²) >= 11 is 0. The van der Waals surface area contributed by atoms with E-state index in [1.165, 1.54) is 14.2 Å². The summed E-state index contributed by atoms with van der Waals surface area (Å²) in [5.74, 6) is -0.392. The van der Waals surface area contributed by atoms with E-state index in [-0.39, 0.29) is 28.6 Å². The van der Waals surface area contributed by atoms with Crippen molar-refractivity contribution in [3.63, 3.8) is 0 Å². The molecule has 4 aromatic rings. The second kappa shape index (κ2) is 9.18. The van der Waals surface area contributed by atoms with E-state index in [1.54, 1.807) is 67.8 Å². The fourth-order valence-electron chi connectivity index (χ4n) is 4.40. The molecule has 9 nitrogen and oxygen atoms in total. The quantitative estimate of drug-likeness (QED) is 0.390. The Hall–Kier alpha value is -4.66. The smallest absolute Gasteiger partial charge is 0.344 e. The molecule has 2 atom stereocenters. The monoisotopic (exact) mass is 489 g/mol. The number of fused-ring (bicyclic) bond motifs is 3. The number of ether oxygens (including phenoxy) is 4. The Labute approximate surface area is 205 Å². The fourth-order valence-corrected chi connectivity index (χ4v) is 4.40. The van der Waals surface area contributed by atoms with Crippen molar-refractivity contribution in [2.45, 2.75) is 12.0 Å². The lowest BCUT2D eigenvalue weighted by Crippen LogP contribution is -2.35. The molecule has 1 aliphatic rings. The molecule has 184 valence electrons. The molecule has 0 saturated carbocycles. The Bertz CT molecular complexity index is 1480. The number of phenols is 1. The first-order valence-electron chi connectivity index (χ1n) is 11.1. The molecule has 2 heterocycles. The number of rotatable bonds is 6. The predicted molar refractivity (Wildman–Crippen MR) is 132 cm³/mol. The highest BCUT2D eigenvalue weighted by molar-refractivity contribution is 5.97. The van der Waals surface area contributed by atoms with Crippen LogP contribution in [-0.4, -0.2) is 38.4 Å². The maximum Gasteiger partial charge on any atom is 0.344 e. The summed E-state index contributed by atoms with van der Waals surface area (Å²) in [6, 6.07) is 16.9. The number of carbonyl (C=O) groups excluding carboxylic acids is 1. The van der Waals surface area contributed by atoms with Crippen LogP contribution in [0.25, 0.3) is 11.0 Å². The summed E-state index contributed by atoms with van der Waals surface area (Å²) in [5.41, 5.74) is 0.907. The van der Waals surface area contributed by atoms with Crippen LogP contribution in [0.15, 0.2) is 69.9 Å². The van der Waals surface area contributed by atoms with E-state index in [0.717, 1.165) is 0 Å². The number of aromatic hydroxyl groups is 1. The van der Waals surface area contributed by atoms with Gasteiger partial charge < -0.3 is 33.8 Å². The molecule has 0 spiro atoms. The van der Waals surface area contributed by atoms with Crippen molar-refractivity contribution in [2.75, 3.05) is 26.6 Å². The third-order valence-electron chi connectivity index (χ3n) is 6.13. The number of anilines is 1. The van der Waals surface area contributed by atoms with Crippen molar-refractivity contribution in [1.29, 1.82) is 0 Å². The van der Waals surface area contributed by atoms with E-state index in [4.69, 9.17) is 23.4 Å². The van der Waals surface area contributed by atoms with E-state index in [0.29, 0.717) is 28.0 Å². The molecule has 0 unspecified atom stereocenters. The number of methoxy groups -OCH3 is 3. The maximum absolute atomic E-state index is 13.5. The largest absolute Gasteiger partial charge is 0.502 e. The van der Waals surface area contributed by atoms with Crippen LogP contribution in [0, 0.1) is 0 Å². The SMILES string of the molecule is COc1ccc(NC(=O)[C@@H]2Oc3c(c(=O)oc4ccccc34)[C@H]2c2cc(OC)c(O)c(OC)c2)cc1. The average molecular weight is 489 g/mol. The van der Waals surface area contributed by atoms with E-state index in [1.807, 2.05) is 0 Å². The number of benzene rings is 3. The van der Waals surface area contributed by atoms with Gasteiger partial charge in [0.05, 0.1) is 38.2 Å². The van der Waals surface area contributed by atoms with E-state index in [2.05, 4.69) is 5.32 Å². The van der Waals surface area contributed by atoms with Crippen molar-refractivity contribution < 1.29 is 33.3 Å². The zero-order valence-corrected chi connectivity index (χ0v) is 19.7. The van der Waals surface area contributed by atoms with Gasteiger partial charge in [-0.25, -0.2) is 4.79 Å². The third kappa shape index (κ3) is 3.84. The van der Waals surface area contributed by atoms with Crippen LogP contribution < -0.4 is 29.9 Å². The molecule has 36 heavy (non-hydrogen) atoms. The molecule has 0 fully saturated rings. The number of nitrogens with one attached hydrogen (secondary N) is 1. The van der Waals surface area contributed by atoms with Crippen LogP contribution in [0.3, 0.4) is 0 Å². The van der Waals surface area contributed by atoms with Crippen molar-refractivity contribution in [3.05, 3.63) is 82.2 Å². The van der Waals surface area contributed by atoms with E-state index >= 15 is 0 Å². The summed E-state index contributed by atoms with van der Waals surface area (Å²) in [6.07, 6.45) is -1.13. The molecule has 0 saturated heterocycles. The van der Waals surface area contributed by atoms with Gasteiger partial charge in [-0.2, -0.15) is 0 Å². The van der Waals surface area contributed by atoms with Crippen LogP contribution in [0.4, 0.5) is 5.69 Å². The lowest BCUT2D eigenvalue weighted by atomic mass is 9.87. The minimum absolute atomic E-state index is 0.122. The van der Waals surface area contributed by atoms with Crippen LogP contribution in [0.5, 0.6) is 28.7 Å². The first kappa shape index (κ1) is 23.1. The highest BCUT2D eigenvalue weighted by Crippen LogP contribution is 2.48. The Morgan fingerprint density at radius 3 is 2.25 bits per heavy atom. The minimum atomic E-state index is -1.13. The molecule has 2 N–H and O–H groups in total. The lowest BCUT2D eigenvalue weighted by Gasteiger charge is -2.20. The molecular weight excluding hydrogens is 466 g/mol. The van der Waals surface area contributed by atoms with Crippen molar-refractivity contribution in [3.8, 4) is 28.7 Å². The van der Waals surface area contributed by atoms with Gasteiger partial charge in [-0.3, -0.25) is 4.79 Å². The molecule has 1 aromatic heterocycles. The first-order chi connectivity index (χ1) is 17.4. The molecule has 9 heteroatoms. The minimum Gasteiger partial charge on any atom is -0.502 e. The normalized spacial score (nSPS) is 16.2. The summed E-state index contributed by atoms with van der Waals surface area (Å²) in [6.45, 7) is 0. The number of hydrogen-bond donors (Lipinski definition) is 2. The maximum atomic E-state index is 13.5. The van der Waals surface area contributed by atoms with Crippen molar-refractivity contribution in [2.24, 2.45) is 0 Å². The lowest BCUT2D eigenvalue weighted by molar-refractivity contribution is -0.122. The summed E-state index contributed by atoms with van der Waals surface area (Å²) < 4.78 is 27.5. The Kier molecular flexibility index (Phi) is 5.89. The number of para-hydroxylation sites is 1. The predicted octanol–water partition coefficient (Wildman–Crippen LogP) is 4.06. The Balaban J connectivity index is 1.65. The number of phenolic OH excluding ortho intramolecular Hbond substituents is 1. The molecule has 1 amide bonds. The molecule has 0 bridgehead atoms. The van der Waals surface area contributed by atoms with E-state index < -0.39 is 23.6 Å². The average Bonchev–Trinajstić information content (AvgIpc) is 3.31. The summed E-state index contributed by atoms with van der Waals surface area (Å²) in [7, 11) is 4.35. The second-order valence-corrected chi connectivity index (χ2v) is 8.14. The van der Waals surface area contributed by atoms with Crippen LogP contribution in [-0.2, 0) is 4.79 Å². The first-order valence-corrected chi connectivity index (χ1v) is 11.1. The topological polar surface area (TPSA) is 116 Å². The number of hydrogen-bond acceptors (Lipinski definition) is 8. The third-order valence-corrected chi connectivity index (χ3v) is 6.13. The van der Waals surface area contributed by atoms with E-state index in [9.17, 15) is 14.7 Å². The Morgan fingerprint density at radius 1 is 0.944 bits per heavy atom. The van der Waals surface area contributed by atoms with Gasteiger partial charge >= 0.3 is 5.63 Å². The molecular formula is C27H23NO8. The van der Waals surface area contributed by atoms with Crippen LogP contribution in [0.2, 0.25) is 0 Å². The number of carbonyl (C=O) groups is 1. The van der Waals surface area contributed by atoms with Crippen molar-refractivity contribution in [1.82, 2.24) is 0 Å². The van der Waals surface area contributed by atoms with Gasteiger partial charge in [-0.1, -0.05) is 12.1 Å².